The van der Waals surface area contributed by atoms with Crippen LogP contribution in [0.4, 0.5) is 0 Å². The van der Waals surface area contributed by atoms with Crippen molar-refractivity contribution >= 4 is 29.7 Å². The summed E-state index contributed by atoms with van der Waals surface area (Å²) in [5.74, 6) is 0.0188. The van der Waals surface area contributed by atoms with Crippen molar-refractivity contribution in [2.75, 3.05) is 7.05 Å². The van der Waals surface area contributed by atoms with Gasteiger partial charge in [0.05, 0.1) is 12.6 Å². The number of aryl methyl sites for hydroxylation is 1. The van der Waals surface area contributed by atoms with Gasteiger partial charge in [0.1, 0.15) is 0 Å². The first kappa shape index (κ1) is 15.4. The summed E-state index contributed by atoms with van der Waals surface area (Å²) in [5.41, 5.74) is 6.94. The number of hydrogen-bond acceptors (Lipinski definition) is 3. The summed E-state index contributed by atoms with van der Waals surface area (Å²) < 4.78 is 0. The lowest BCUT2D eigenvalue weighted by Crippen LogP contribution is -2.40. The molecule has 1 aromatic rings. The molecule has 1 amide bonds. The number of likely N-dealkylation sites (N-methyl/N-ethyl adjacent to an activating group) is 1. The van der Waals surface area contributed by atoms with E-state index < -0.39 is 0 Å². The van der Waals surface area contributed by atoms with Crippen molar-refractivity contribution < 1.29 is 4.79 Å². The third-order valence-electron chi connectivity index (χ3n) is 2.48. The molecule has 0 aliphatic carbocycles. The van der Waals surface area contributed by atoms with E-state index in [1.54, 1.807) is 23.3 Å². The van der Waals surface area contributed by atoms with E-state index in [1.807, 2.05) is 12.3 Å². The lowest BCUT2D eigenvalue weighted by molar-refractivity contribution is -0.131. The Morgan fingerprint density at radius 1 is 1.62 bits per heavy atom. The molecule has 0 saturated carbocycles. The van der Waals surface area contributed by atoms with Crippen molar-refractivity contribution in [2.24, 2.45) is 5.73 Å². The molecule has 16 heavy (non-hydrogen) atoms. The number of carbonyl (C=O) groups is 1. The van der Waals surface area contributed by atoms with Crippen LogP contribution in [0.3, 0.4) is 0 Å². The minimum absolute atomic E-state index is 0. The minimum Gasteiger partial charge on any atom is -0.339 e. The second-order valence-corrected chi connectivity index (χ2v) is 4.74. The maximum atomic E-state index is 11.7. The maximum Gasteiger partial charge on any atom is 0.239 e. The van der Waals surface area contributed by atoms with Crippen LogP contribution in [0.2, 0.25) is 0 Å². The van der Waals surface area contributed by atoms with Gasteiger partial charge in [-0.25, -0.2) is 0 Å². The van der Waals surface area contributed by atoms with Crippen LogP contribution < -0.4 is 5.73 Å². The quantitative estimate of drug-likeness (QED) is 0.904. The van der Waals surface area contributed by atoms with E-state index >= 15 is 0 Å². The van der Waals surface area contributed by atoms with Gasteiger partial charge in [-0.1, -0.05) is 6.92 Å². The smallest absolute Gasteiger partial charge is 0.239 e. The van der Waals surface area contributed by atoms with Crippen LogP contribution in [0.25, 0.3) is 0 Å². The first-order chi connectivity index (χ1) is 7.06. The highest BCUT2D eigenvalue weighted by molar-refractivity contribution is 7.10. The summed E-state index contributed by atoms with van der Waals surface area (Å²) in [6, 6.07) is 1.70. The molecule has 0 spiro atoms. The zero-order valence-corrected chi connectivity index (χ0v) is 11.5. The number of thiophene rings is 1. The molecule has 1 aromatic heterocycles. The Morgan fingerprint density at radius 3 is 2.69 bits per heavy atom. The summed E-state index contributed by atoms with van der Waals surface area (Å²) in [6.07, 6.45) is 0.687. The molecule has 1 atom stereocenters. The summed E-state index contributed by atoms with van der Waals surface area (Å²) in [4.78, 5) is 14.6. The van der Waals surface area contributed by atoms with Gasteiger partial charge in [0.15, 0.2) is 0 Å². The van der Waals surface area contributed by atoms with Gasteiger partial charge in [0.2, 0.25) is 5.91 Å². The SMILES string of the molecule is CC[C@H](N)C(=O)N(C)Cc1sccc1C.Cl. The third kappa shape index (κ3) is 3.77. The van der Waals surface area contributed by atoms with E-state index in [9.17, 15) is 4.79 Å². The molecule has 0 aromatic carbocycles. The highest BCUT2D eigenvalue weighted by Gasteiger charge is 2.16. The minimum atomic E-state index is -0.365. The van der Waals surface area contributed by atoms with E-state index in [4.69, 9.17) is 5.73 Å². The fraction of sp³-hybridized carbons (Fsp3) is 0.545. The van der Waals surface area contributed by atoms with Gasteiger partial charge < -0.3 is 10.6 Å². The average Bonchev–Trinajstić information content (AvgIpc) is 2.62. The van der Waals surface area contributed by atoms with E-state index in [0.29, 0.717) is 13.0 Å². The Bertz CT molecular complexity index is 340. The number of rotatable bonds is 4. The van der Waals surface area contributed by atoms with Gasteiger partial charge in [0.25, 0.3) is 0 Å². The average molecular weight is 263 g/mol. The number of carbonyl (C=O) groups excluding carboxylic acids is 1. The highest BCUT2D eigenvalue weighted by atomic mass is 35.5. The van der Waals surface area contributed by atoms with E-state index in [2.05, 4.69) is 13.0 Å². The number of nitrogens with two attached hydrogens (primary N) is 1. The van der Waals surface area contributed by atoms with Gasteiger partial charge in [-0.3, -0.25) is 4.79 Å². The molecule has 0 fully saturated rings. The summed E-state index contributed by atoms with van der Waals surface area (Å²) in [5, 5.41) is 2.04. The number of nitrogens with zero attached hydrogens (tertiary/aromatic N) is 1. The largest absolute Gasteiger partial charge is 0.339 e. The van der Waals surface area contributed by atoms with Crippen LogP contribution in [0.5, 0.6) is 0 Å². The lowest BCUT2D eigenvalue weighted by atomic mass is 10.2. The number of hydrogen-bond donors (Lipinski definition) is 1. The second-order valence-electron chi connectivity index (χ2n) is 3.74. The van der Waals surface area contributed by atoms with Crippen LogP contribution in [0.1, 0.15) is 23.8 Å². The van der Waals surface area contributed by atoms with Crippen LogP contribution >= 0.6 is 23.7 Å². The molecular weight excluding hydrogens is 244 g/mol. The van der Waals surface area contributed by atoms with Gasteiger partial charge in [-0.2, -0.15) is 0 Å². The van der Waals surface area contributed by atoms with Gasteiger partial charge >= 0.3 is 0 Å². The number of halogens is 1. The normalized spacial score (nSPS) is 11.8. The first-order valence-electron chi connectivity index (χ1n) is 5.09. The molecular formula is C11H19ClN2OS. The molecule has 0 unspecified atom stereocenters. The summed E-state index contributed by atoms with van der Waals surface area (Å²) >= 11 is 1.68. The molecule has 0 aliphatic heterocycles. The van der Waals surface area contributed by atoms with Crippen molar-refractivity contribution in [3.63, 3.8) is 0 Å². The van der Waals surface area contributed by atoms with Crippen LogP contribution in [-0.4, -0.2) is 23.9 Å². The predicted molar refractivity (Wildman–Crippen MR) is 71.0 cm³/mol. The molecule has 0 radical (unpaired) electrons. The molecule has 1 heterocycles. The Labute approximate surface area is 107 Å². The number of amides is 1. The van der Waals surface area contributed by atoms with Crippen molar-refractivity contribution in [3.05, 3.63) is 21.9 Å². The van der Waals surface area contributed by atoms with Crippen molar-refractivity contribution in [3.8, 4) is 0 Å². The molecule has 0 saturated heterocycles. The van der Waals surface area contributed by atoms with Crippen molar-refractivity contribution in [1.29, 1.82) is 0 Å². The Hall–Kier alpha value is -0.580. The van der Waals surface area contributed by atoms with Gasteiger partial charge in [-0.15, -0.1) is 23.7 Å². The predicted octanol–water partition coefficient (Wildman–Crippen LogP) is 2.17. The Morgan fingerprint density at radius 2 is 2.25 bits per heavy atom. The molecule has 3 nitrogen and oxygen atoms in total. The summed E-state index contributed by atoms with van der Waals surface area (Å²) in [7, 11) is 1.80. The van der Waals surface area contributed by atoms with E-state index in [0.717, 1.165) is 0 Å². The lowest BCUT2D eigenvalue weighted by Gasteiger charge is -2.20. The second kappa shape index (κ2) is 6.89. The zero-order chi connectivity index (χ0) is 11.4. The van der Waals surface area contributed by atoms with Gasteiger partial charge in [0, 0.05) is 11.9 Å². The molecule has 2 N–H and O–H groups in total. The fourth-order valence-electron chi connectivity index (χ4n) is 1.32. The summed E-state index contributed by atoms with van der Waals surface area (Å²) in [6.45, 7) is 4.65. The maximum absolute atomic E-state index is 11.7. The van der Waals surface area contributed by atoms with Crippen molar-refractivity contribution in [2.45, 2.75) is 32.9 Å². The highest BCUT2D eigenvalue weighted by Crippen LogP contribution is 2.17. The molecule has 92 valence electrons. The zero-order valence-electron chi connectivity index (χ0n) is 9.90. The Balaban J connectivity index is 0.00000225. The monoisotopic (exact) mass is 262 g/mol. The molecule has 0 aliphatic rings. The topological polar surface area (TPSA) is 46.3 Å². The van der Waals surface area contributed by atoms with Crippen LogP contribution in [0.15, 0.2) is 11.4 Å². The standard InChI is InChI=1S/C11H18N2OS.ClH/c1-4-9(12)11(14)13(3)7-10-8(2)5-6-15-10;/h5-6,9H,4,7,12H2,1-3H3;1H/t9-;/m0./s1. The van der Waals surface area contributed by atoms with E-state index in [1.165, 1.54) is 10.4 Å². The molecule has 0 bridgehead atoms. The molecule has 1 rings (SSSR count). The molecule has 5 heteroatoms. The Kier molecular flexibility index (Phi) is 6.64. The third-order valence-corrected chi connectivity index (χ3v) is 3.49. The van der Waals surface area contributed by atoms with Crippen LogP contribution in [-0.2, 0) is 11.3 Å². The van der Waals surface area contributed by atoms with Gasteiger partial charge in [-0.05, 0) is 30.4 Å². The van der Waals surface area contributed by atoms with Crippen LogP contribution in [0, 0.1) is 6.92 Å². The van der Waals surface area contributed by atoms with E-state index in [-0.39, 0.29) is 24.4 Å². The first-order valence-corrected chi connectivity index (χ1v) is 5.97. The van der Waals surface area contributed by atoms with Crippen molar-refractivity contribution in [1.82, 2.24) is 4.90 Å². The fourth-order valence-corrected chi connectivity index (χ4v) is 2.28.